The Bertz CT molecular complexity index is 639. The molecule has 0 bridgehead atoms. The van der Waals surface area contributed by atoms with Crippen LogP contribution in [0.25, 0.3) is 0 Å². The second-order valence-electron chi connectivity index (χ2n) is 4.41. The smallest absolute Gasteiger partial charge is 0.255 e. The number of nitrogens with zero attached hydrogens (tertiary/aromatic N) is 2. The van der Waals surface area contributed by atoms with E-state index in [2.05, 4.69) is 10.4 Å². The van der Waals surface area contributed by atoms with Gasteiger partial charge in [-0.25, -0.2) is 4.68 Å². The summed E-state index contributed by atoms with van der Waals surface area (Å²) in [6.07, 6.45) is 3.27. The average Bonchev–Trinajstić information content (AvgIpc) is 2.99. The molecule has 2 aromatic rings. The van der Waals surface area contributed by atoms with E-state index < -0.39 is 0 Å². The highest BCUT2D eigenvalue weighted by Gasteiger charge is 2.11. The number of rotatable bonds is 7. The maximum Gasteiger partial charge on any atom is 0.255 e. The molecule has 0 spiro atoms. The van der Waals surface area contributed by atoms with E-state index in [1.165, 1.54) is 7.11 Å². The lowest BCUT2D eigenvalue weighted by atomic mass is 10.2. The van der Waals surface area contributed by atoms with Gasteiger partial charge in [-0.2, -0.15) is 5.10 Å². The van der Waals surface area contributed by atoms with Gasteiger partial charge in [0.25, 0.3) is 5.91 Å². The van der Waals surface area contributed by atoms with Gasteiger partial charge in [0.15, 0.2) is 11.5 Å². The Labute approximate surface area is 128 Å². The zero-order chi connectivity index (χ0) is 15.9. The average molecular weight is 305 g/mol. The third-order valence-electron chi connectivity index (χ3n) is 2.96. The molecule has 22 heavy (non-hydrogen) atoms. The molecule has 1 aromatic heterocycles. The summed E-state index contributed by atoms with van der Waals surface area (Å²) in [4.78, 5) is 12.2. The van der Waals surface area contributed by atoms with Crippen LogP contribution >= 0.6 is 0 Å². The number of amides is 1. The van der Waals surface area contributed by atoms with Crippen molar-refractivity contribution in [3.63, 3.8) is 0 Å². The van der Waals surface area contributed by atoms with Crippen molar-refractivity contribution in [1.82, 2.24) is 9.78 Å². The van der Waals surface area contributed by atoms with Crippen LogP contribution in [0.5, 0.6) is 11.5 Å². The molecule has 0 atom stereocenters. The van der Waals surface area contributed by atoms with Crippen LogP contribution in [-0.2, 0) is 11.5 Å². The fourth-order valence-corrected chi connectivity index (χ4v) is 1.86. The number of hydrogen-bond donors (Lipinski definition) is 1. The topological polar surface area (TPSA) is 74.6 Å². The number of nitrogens with one attached hydrogen (secondary N) is 1. The van der Waals surface area contributed by atoms with Crippen LogP contribution in [0.15, 0.2) is 30.6 Å². The maximum absolute atomic E-state index is 12.2. The summed E-state index contributed by atoms with van der Waals surface area (Å²) < 4.78 is 17.2. The van der Waals surface area contributed by atoms with E-state index in [1.54, 1.807) is 42.4 Å². The van der Waals surface area contributed by atoms with Crippen molar-refractivity contribution in [2.75, 3.05) is 26.1 Å². The van der Waals surface area contributed by atoms with E-state index in [9.17, 15) is 4.79 Å². The molecule has 0 aliphatic carbocycles. The normalized spacial score (nSPS) is 10.3. The molecule has 0 saturated heterocycles. The van der Waals surface area contributed by atoms with Crippen LogP contribution in [0.3, 0.4) is 0 Å². The Kier molecular flexibility index (Phi) is 5.37. The first-order chi connectivity index (χ1) is 10.7. The summed E-state index contributed by atoms with van der Waals surface area (Å²) in [6.45, 7) is 2.86. The summed E-state index contributed by atoms with van der Waals surface area (Å²) in [5.41, 5.74) is 1.06. The Morgan fingerprint density at radius 1 is 1.27 bits per heavy atom. The quantitative estimate of drug-likeness (QED) is 0.848. The Balaban J connectivity index is 2.07. The molecule has 1 heterocycles. The lowest BCUT2D eigenvalue weighted by molar-refractivity contribution is 0.0792. The van der Waals surface area contributed by atoms with Crippen LogP contribution in [0.2, 0.25) is 0 Å². The minimum Gasteiger partial charge on any atom is -0.493 e. The summed E-state index contributed by atoms with van der Waals surface area (Å²) in [5.74, 6) is 0.822. The van der Waals surface area contributed by atoms with Crippen LogP contribution < -0.4 is 14.8 Å². The minimum atomic E-state index is -0.253. The van der Waals surface area contributed by atoms with Crippen molar-refractivity contribution >= 4 is 11.6 Å². The monoisotopic (exact) mass is 305 g/mol. The third kappa shape index (κ3) is 3.76. The summed E-state index contributed by atoms with van der Waals surface area (Å²) in [5, 5.41) is 6.86. The number of ether oxygens (including phenoxy) is 3. The van der Waals surface area contributed by atoms with E-state index in [0.717, 1.165) is 0 Å². The van der Waals surface area contributed by atoms with Gasteiger partial charge in [0.1, 0.15) is 6.73 Å². The fourth-order valence-electron chi connectivity index (χ4n) is 1.86. The molecule has 7 nitrogen and oxygen atoms in total. The standard InChI is InChI=1S/C15H19N3O4/c1-4-22-10-18-9-12(8-16-18)17-15(19)11-5-6-13(20-2)14(7-11)21-3/h5-9H,4,10H2,1-3H3,(H,17,19). The van der Waals surface area contributed by atoms with Gasteiger partial charge in [0, 0.05) is 12.2 Å². The van der Waals surface area contributed by atoms with E-state index >= 15 is 0 Å². The Morgan fingerprint density at radius 3 is 2.73 bits per heavy atom. The first-order valence-corrected chi connectivity index (χ1v) is 6.81. The predicted molar refractivity (Wildman–Crippen MR) is 81.4 cm³/mol. The molecule has 2 rings (SSSR count). The molecule has 1 aromatic carbocycles. The van der Waals surface area contributed by atoms with Gasteiger partial charge < -0.3 is 19.5 Å². The molecule has 0 unspecified atom stereocenters. The molecule has 1 amide bonds. The van der Waals surface area contributed by atoms with Crippen molar-refractivity contribution in [2.45, 2.75) is 13.7 Å². The number of carbonyl (C=O) groups excluding carboxylic acids is 1. The number of hydrogen-bond acceptors (Lipinski definition) is 5. The predicted octanol–water partition coefficient (Wildman–Crippen LogP) is 2.15. The molecule has 0 aliphatic rings. The summed E-state index contributed by atoms with van der Waals surface area (Å²) in [7, 11) is 3.07. The van der Waals surface area contributed by atoms with Crippen LogP contribution in [0.4, 0.5) is 5.69 Å². The van der Waals surface area contributed by atoms with E-state index in [-0.39, 0.29) is 5.91 Å². The molecular formula is C15H19N3O4. The van der Waals surface area contributed by atoms with E-state index in [1.807, 2.05) is 6.92 Å². The number of methoxy groups -OCH3 is 2. The molecule has 1 N–H and O–H groups in total. The Hall–Kier alpha value is -2.54. The molecule has 7 heteroatoms. The lowest BCUT2D eigenvalue weighted by Gasteiger charge is -2.09. The van der Waals surface area contributed by atoms with Gasteiger partial charge in [0.05, 0.1) is 32.3 Å². The van der Waals surface area contributed by atoms with Crippen LogP contribution in [-0.4, -0.2) is 36.5 Å². The maximum atomic E-state index is 12.2. The highest BCUT2D eigenvalue weighted by molar-refractivity contribution is 6.04. The van der Waals surface area contributed by atoms with Crippen molar-refractivity contribution in [3.05, 3.63) is 36.2 Å². The SMILES string of the molecule is CCOCn1cc(NC(=O)c2ccc(OC)c(OC)c2)cn1. The molecule has 0 radical (unpaired) electrons. The van der Waals surface area contributed by atoms with Crippen molar-refractivity contribution in [1.29, 1.82) is 0 Å². The highest BCUT2D eigenvalue weighted by Crippen LogP contribution is 2.27. The minimum absolute atomic E-state index is 0.253. The zero-order valence-electron chi connectivity index (χ0n) is 12.8. The molecule has 118 valence electrons. The van der Waals surface area contributed by atoms with Gasteiger partial charge >= 0.3 is 0 Å². The van der Waals surface area contributed by atoms with Gasteiger partial charge in [-0.05, 0) is 25.1 Å². The van der Waals surface area contributed by atoms with Crippen molar-refractivity contribution in [3.8, 4) is 11.5 Å². The molecule has 0 fully saturated rings. The Morgan fingerprint density at radius 2 is 2.05 bits per heavy atom. The number of anilines is 1. The van der Waals surface area contributed by atoms with Crippen molar-refractivity contribution in [2.24, 2.45) is 0 Å². The van der Waals surface area contributed by atoms with Crippen LogP contribution in [0.1, 0.15) is 17.3 Å². The fraction of sp³-hybridized carbons (Fsp3) is 0.333. The van der Waals surface area contributed by atoms with Gasteiger partial charge in [-0.3, -0.25) is 4.79 Å². The molecule has 0 saturated carbocycles. The van der Waals surface area contributed by atoms with E-state index in [0.29, 0.717) is 36.1 Å². The number of benzene rings is 1. The largest absolute Gasteiger partial charge is 0.493 e. The summed E-state index contributed by atoms with van der Waals surface area (Å²) in [6, 6.07) is 4.98. The van der Waals surface area contributed by atoms with Gasteiger partial charge in [-0.15, -0.1) is 0 Å². The molecule has 0 aliphatic heterocycles. The van der Waals surface area contributed by atoms with Crippen molar-refractivity contribution < 1.29 is 19.0 Å². The third-order valence-corrected chi connectivity index (χ3v) is 2.96. The van der Waals surface area contributed by atoms with Gasteiger partial charge in [-0.1, -0.05) is 0 Å². The van der Waals surface area contributed by atoms with Crippen LogP contribution in [0, 0.1) is 0 Å². The summed E-state index contributed by atoms with van der Waals surface area (Å²) >= 11 is 0. The lowest BCUT2D eigenvalue weighted by Crippen LogP contribution is -2.11. The first-order valence-electron chi connectivity index (χ1n) is 6.81. The molecular weight excluding hydrogens is 286 g/mol. The second-order valence-corrected chi connectivity index (χ2v) is 4.41. The number of aromatic nitrogens is 2. The number of carbonyl (C=O) groups is 1. The highest BCUT2D eigenvalue weighted by atomic mass is 16.5. The first kappa shape index (κ1) is 15.8. The van der Waals surface area contributed by atoms with E-state index in [4.69, 9.17) is 14.2 Å². The van der Waals surface area contributed by atoms with Gasteiger partial charge in [0.2, 0.25) is 0 Å². The second kappa shape index (κ2) is 7.46. The zero-order valence-corrected chi connectivity index (χ0v) is 12.8.